The lowest BCUT2D eigenvalue weighted by atomic mass is 10.1. The molecule has 1 heterocycles. The zero-order valence-corrected chi connectivity index (χ0v) is 14.3. The van der Waals surface area contributed by atoms with Gasteiger partial charge in [-0.3, -0.25) is 4.79 Å². The number of nitrogens with zero attached hydrogens (tertiary/aromatic N) is 1. The SMILES string of the molecule is CN(C)S(=O)(=O)CC1COCC1NC(=O)c1cc(F)cc(Cl)c1. The summed E-state index contributed by atoms with van der Waals surface area (Å²) in [5, 5.41) is 2.80. The van der Waals surface area contributed by atoms with Crippen LogP contribution in [0.1, 0.15) is 10.4 Å². The molecule has 1 saturated heterocycles. The van der Waals surface area contributed by atoms with E-state index >= 15 is 0 Å². The van der Waals surface area contributed by atoms with Gasteiger partial charge in [-0.1, -0.05) is 11.6 Å². The van der Waals surface area contributed by atoms with Crippen molar-refractivity contribution in [1.82, 2.24) is 9.62 Å². The third kappa shape index (κ3) is 4.63. The van der Waals surface area contributed by atoms with Crippen LogP contribution in [0.3, 0.4) is 0 Å². The average molecular weight is 365 g/mol. The van der Waals surface area contributed by atoms with Crippen LogP contribution in [-0.4, -0.2) is 57.7 Å². The number of ether oxygens (including phenoxy) is 1. The number of hydrogen-bond acceptors (Lipinski definition) is 4. The Morgan fingerprint density at radius 3 is 2.70 bits per heavy atom. The molecule has 1 amide bonds. The van der Waals surface area contributed by atoms with E-state index in [2.05, 4.69) is 5.32 Å². The Morgan fingerprint density at radius 2 is 2.09 bits per heavy atom. The Hall–Kier alpha value is -1.22. The van der Waals surface area contributed by atoms with Crippen molar-refractivity contribution >= 4 is 27.5 Å². The highest BCUT2D eigenvalue weighted by molar-refractivity contribution is 7.89. The maximum absolute atomic E-state index is 13.3. The Bertz CT molecular complexity index is 676. The molecule has 0 aliphatic carbocycles. The van der Waals surface area contributed by atoms with Gasteiger partial charge in [-0.15, -0.1) is 0 Å². The van der Waals surface area contributed by atoms with Gasteiger partial charge in [0.1, 0.15) is 5.82 Å². The predicted octanol–water partition coefficient (Wildman–Crippen LogP) is 1.12. The quantitative estimate of drug-likeness (QED) is 0.849. The van der Waals surface area contributed by atoms with Crippen LogP contribution in [0, 0.1) is 11.7 Å². The topological polar surface area (TPSA) is 75.7 Å². The molecular weight excluding hydrogens is 347 g/mol. The highest BCUT2D eigenvalue weighted by Gasteiger charge is 2.34. The number of benzene rings is 1. The summed E-state index contributed by atoms with van der Waals surface area (Å²) in [4.78, 5) is 12.2. The summed E-state index contributed by atoms with van der Waals surface area (Å²) >= 11 is 5.73. The highest BCUT2D eigenvalue weighted by Crippen LogP contribution is 2.19. The van der Waals surface area contributed by atoms with E-state index in [4.69, 9.17) is 16.3 Å². The van der Waals surface area contributed by atoms with Crippen LogP contribution in [0.2, 0.25) is 5.02 Å². The van der Waals surface area contributed by atoms with E-state index in [0.717, 1.165) is 16.4 Å². The van der Waals surface area contributed by atoms with E-state index in [0.29, 0.717) is 0 Å². The largest absolute Gasteiger partial charge is 0.379 e. The van der Waals surface area contributed by atoms with Crippen LogP contribution in [0.4, 0.5) is 4.39 Å². The van der Waals surface area contributed by atoms with Crippen molar-refractivity contribution in [2.45, 2.75) is 6.04 Å². The first-order valence-corrected chi connectivity index (χ1v) is 8.92. The van der Waals surface area contributed by atoms with Gasteiger partial charge in [0.25, 0.3) is 5.91 Å². The Labute approximate surface area is 139 Å². The molecule has 1 N–H and O–H groups in total. The smallest absolute Gasteiger partial charge is 0.251 e. The number of carbonyl (C=O) groups is 1. The van der Waals surface area contributed by atoms with Gasteiger partial charge in [-0.05, 0) is 18.2 Å². The minimum absolute atomic E-state index is 0.0797. The molecule has 0 bridgehead atoms. The summed E-state index contributed by atoms with van der Waals surface area (Å²) in [6.07, 6.45) is 0. The average Bonchev–Trinajstić information content (AvgIpc) is 2.84. The Morgan fingerprint density at radius 1 is 1.39 bits per heavy atom. The van der Waals surface area contributed by atoms with Gasteiger partial charge in [0.05, 0.1) is 25.0 Å². The second-order valence-electron chi connectivity index (χ2n) is 5.60. The zero-order valence-electron chi connectivity index (χ0n) is 12.8. The van der Waals surface area contributed by atoms with E-state index < -0.39 is 27.8 Å². The van der Waals surface area contributed by atoms with Gasteiger partial charge in [-0.2, -0.15) is 0 Å². The Kier molecular flexibility index (Phi) is 5.61. The first-order valence-electron chi connectivity index (χ1n) is 6.94. The predicted molar refractivity (Wildman–Crippen MR) is 84.4 cm³/mol. The lowest BCUT2D eigenvalue weighted by Crippen LogP contribution is -2.43. The van der Waals surface area contributed by atoms with Crippen molar-refractivity contribution in [3.05, 3.63) is 34.6 Å². The normalized spacial score (nSPS) is 21.6. The second-order valence-corrected chi connectivity index (χ2v) is 8.26. The fraction of sp³-hybridized carbons (Fsp3) is 0.500. The lowest BCUT2D eigenvalue weighted by molar-refractivity contribution is 0.0925. The fourth-order valence-electron chi connectivity index (χ4n) is 2.28. The van der Waals surface area contributed by atoms with Crippen LogP contribution >= 0.6 is 11.6 Å². The summed E-state index contributed by atoms with van der Waals surface area (Å²) in [5.74, 6) is -1.63. The molecule has 1 aromatic rings. The number of carbonyl (C=O) groups excluding carboxylic acids is 1. The summed E-state index contributed by atoms with van der Waals surface area (Å²) in [5.41, 5.74) is 0.0797. The summed E-state index contributed by atoms with van der Waals surface area (Å²) in [6, 6.07) is 3.06. The van der Waals surface area contributed by atoms with Gasteiger partial charge in [0.2, 0.25) is 10.0 Å². The van der Waals surface area contributed by atoms with Crippen molar-refractivity contribution in [1.29, 1.82) is 0 Å². The van der Waals surface area contributed by atoms with Crippen molar-refractivity contribution in [3.63, 3.8) is 0 Å². The molecule has 0 spiro atoms. The third-order valence-corrected chi connectivity index (χ3v) is 5.80. The van der Waals surface area contributed by atoms with Crippen molar-refractivity contribution < 1.29 is 22.3 Å². The van der Waals surface area contributed by atoms with Crippen LogP contribution < -0.4 is 5.32 Å². The number of hydrogen-bond donors (Lipinski definition) is 1. The maximum Gasteiger partial charge on any atom is 0.251 e. The molecule has 0 aromatic heterocycles. The molecule has 2 atom stereocenters. The van der Waals surface area contributed by atoms with Crippen LogP contribution in [0.5, 0.6) is 0 Å². The standard InChI is InChI=1S/C14H18ClFN2O4S/c1-18(2)23(20,21)8-10-6-22-7-13(10)17-14(19)9-3-11(15)5-12(16)4-9/h3-5,10,13H,6-8H2,1-2H3,(H,17,19). The number of nitrogens with one attached hydrogen (secondary N) is 1. The second kappa shape index (κ2) is 7.12. The summed E-state index contributed by atoms with van der Waals surface area (Å²) in [7, 11) is -0.504. The lowest BCUT2D eigenvalue weighted by Gasteiger charge is -2.21. The van der Waals surface area contributed by atoms with Gasteiger partial charge >= 0.3 is 0 Å². The molecule has 0 saturated carbocycles. The minimum atomic E-state index is -3.41. The van der Waals surface area contributed by atoms with Crippen molar-refractivity contribution in [2.75, 3.05) is 33.1 Å². The minimum Gasteiger partial charge on any atom is -0.379 e. The molecule has 2 rings (SSSR count). The summed E-state index contributed by atoms with van der Waals surface area (Å²) in [6.45, 7) is 0.449. The van der Waals surface area contributed by atoms with E-state index in [1.165, 1.54) is 20.2 Å². The number of halogens is 2. The summed E-state index contributed by atoms with van der Waals surface area (Å²) < 4.78 is 43.7. The van der Waals surface area contributed by atoms with Crippen molar-refractivity contribution in [3.8, 4) is 0 Å². The number of sulfonamides is 1. The van der Waals surface area contributed by atoms with Crippen molar-refractivity contribution in [2.24, 2.45) is 5.92 Å². The Balaban J connectivity index is 2.07. The molecule has 0 radical (unpaired) electrons. The first-order chi connectivity index (χ1) is 10.7. The molecule has 1 aromatic carbocycles. The van der Waals surface area contributed by atoms with Gasteiger partial charge in [-0.25, -0.2) is 17.1 Å². The van der Waals surface area contributed by atoms with Crippen LogP contribution in [0.15, 0.2) is 18.2 Å². The van der Waals surface area contributed by atoms with Crippen LogP contribution in [-0.2, 0) is 14.8 Å². The molecule has 128 valence electrons. The van der Waals surface area contributed by atoms with Gasteiger partial charge in [0, 0.05) is 30.6 Å². The first kappa shape index (κ1) is 18.1. The van der Waals surface area contributed by atoms with Crippen LogP contribution in [0.25, 0.3) is 0 Å². The van der Waals surface area contributed by atoms with E-state index in [1.54, 1.807) is 0 Å². The van der Waals surface area contributed by atoms with E-state index in [9.17, 15) is 17.6 Å². The molecule has 1 aliphatic rings. The molecule has 1 fully saturated rings. The molecule has 1 aliphatic heterocycles. The third-order valence-electron chi connectivity index (χ3n) is 3.62. The highest BCUT2D eigenvalue weighted by atomic mass is 35.5. The molecule has 6 nitrogen and oxygen atoms in total. The van der Waals surface area contributed by atoms with Gasteiger partial charge < -0.3 is 10.1 Å². The fourth-order valence-corrected chi connectivity index (χ4v) is 3.67. The van der Waals surface area contributed by atoms with Gasteiger partial charge in [0.15, 0.2) is 0 Å². The number of rotatable bonds is 5. The number of amides is 1. The molecule has 23 heavy (non-hydrogen) atoms. The molecule has 9 heteroatoms. The molecular formula is C14H18ClFN2O4S. The maximum atomic E-state index is 13.3. The monoisotopic (exact) mass is 364 g/mol. The van der Waals surface area contributed by atoms with E-state index in [-0.39, 0.29) is 35.5 Å². The van der Waals surface area contributed by atoms with E-state index in [1.807, 2.05) is 0 Å². The molecule has 2 unspecified atom stereocenters. The zero-order chi connectivity index (χ0) is 17.2.